The minimum Gasteiger partial charge on any atom is -0.460 e. The number of piperidine rings is 1. The van der Waals surface area contributed by atoms with Gasteiger partial charge in [0.15, 0.2) is 0 Å². The number of ether oxygens (including phenoxy) is 6. The molecule has 1 aliphatic carbocycles. The molecule has 3 fully saturated rings. The molecular weight excluding hydrogens is 869 g/mol. The number of allylic oxidation sites excluding steroid dienone is 4. The smallest absolute Gasteiger partial charge is 0.329 e. The number of nitrogens with zero attached hydrogens (tertiary/aromatic N) is 2. The van der Waals surface area contributed by atoms with Crippen molar-refractivity contribution in [2.24, 2.45) is 40.5 Å². The third-order valence-electron chi connectivity index (χ3n) is 14.9. The number of aliphatic hydroxyl groups excluding tert-OH is 2. The van der Waals surface area contributed by atoms with Crippen molar-refractivity contribution in [1.29, 1.82) is 0 Å². The molecule has 0 aromatic carbocycles. The monoisotopic (exact) mass is 959 g/mol. The van der Waals surface area contributed by atoms with Gasteiger partial charge in [0.2, 0.25) is 5.79 Å². The van der Waals surface area contributed by atoms with Crippen LogP contribution in [0.5, 0.6) is 0 Å². The fourth-order valence-electron chi connectivity index (χ4n) is 10.8. The van der Waals surface area contributed by atoms with E-state index in [4.69, 9.17) is 28.4 Å². The minimum absolute atomic E-state index is 0.108. The minimum atomic E-state index is -2.39. The van der Waals surface area contributed by atoms with E-state index in [1.165, 1.54) is 4.90 Å². The van der Waals surface area contributed by atoms with Crippen LogP contribution in [-0.2, 0) is 42.8 Å². The fraction of sp³-hybridized carbons (Fsp3) is 0.778. The summed E-state index contributed by atoms with van der Waals surface area (Å²) in [5.41, 5.74) is 2.42. The maximum Gasteiger partial charge on any atom is 0.329 e. The van der Waals surface area contributed by atoms with E-state index in [2.05, 4.69) is 32.3 Å². The molecule has 14 heteroatoms. The van der Waals surface area contributed by atoms with Gasteiger partial charge in [0, 0.05) is 72.4 Å². The molecule has 14 nitrogen and oxygen atoms in total. The highest BCUT2D eigenvalue weighted by molar-refractivity contribution is 6.39. The van der Waals surface area contributed by atoms with Gasteiger partial charge in [-0.05, 0) is 113 Å². The van der Waals surface area contributed by atoms with Crippen molar-refractivity contribution in [3.05, 3.63) is 48.1 Å². The molecule has 0 aromatic rings. The maximum absolute atomic E-state index is 14.6. The van der Waals surface area contributed by atoms with E-state index in [1.54, 1.807) is 54.6 Å². The molecule has 1 amide bonds. The summed E-state index contributed by atoms with van der Waals surface area (Å²) in [7, 11) is 8.14. The Labute approximate surface area is 409 Å². The maximum atomic E-state index is 14.6. The second-order valence-electron chi connectivity index (χ2n) is 20.5. The number of carbonyl (C=O) groups is 3. The summed E-state index contributed by atoms with van der Waals surface area (Å²) in [4.78, 5) is 49.0. The fourth-order valence-corrected chi connectivity index (χ4v) is 10.8. The molecule has 1 saturated carbocycles. The van der Waals surface area contributed by atoms with Crippen LogP contribution in [0.2, 0.25) is 0 Å². The van der Waals surface area contributed by atoms with Gasteiger partial charge in [0.05, 0.1) is 30.5 Å². The van der Waals surface area contributed by atoms with Crippen molar-refractivity contribution in [1.82, 2.24) is 4.90 Å². The van der Waals surface area contributed by atoms with Gasteiger partial charge >= 0.3 is 5.97 Å². The Morgan fingerprint density at radius 1 is 0.897 bits per heavy atom. The first kappa shape index (κ1) is 59.2. The molecule has 388 valence electrons. The molecule has 2 aliphatic heterocycles. The number of rotatable bonds is 26. The van der Waals surface area contributed by atoms with Gasteiger partial charge in [-0.15, -0.1) is 0 Å². The number of esters is 1. The Balaban J connectivity index is 1.90. The average Bonchev–Trinajstić information content (AvgIpc) is 3.31. The lowest BCUT2D eigenvalue weighted by atomic mass is 9.78. The lowest BCUT2D eigenvalue weighted by Crippen LogP contribution is -2.61. The van der Waals surface area contributed by atoms with E-state index in [-0.39, 0.29) is 48.8 Å². The molecule has 2 heterocycles. The number of likely N-dealkylation sites (tertiary alicyclic amines) is 1. The summed E-state index contributed by atoms with van der Waals surface area (Å²) in [6, 6.07) is -1.06. The van der Waals surface area contributed by atoms with E-state index in [0.29, 0.717) is 69.3 Å². The Bertz CT molecular complexity index is 1730. The van der Waals surface area contributed by atoms with Crippen molar-refractivity contribution in [3.63, 3.8) is 0 Å². The van der Waals surface area contributed by atoms with E-state index in [1.807, 2.05) is 45.9 Å². The normalized spacial score (nSPS) is 29.2. The zero-order valence-corrected chi connectivity index (χ0v) is 43.9. The highest BCUT2D eigenvalue weighted by atomic mass is 16.6. The molecule has 68 heavy (non-hydrogen) atoms. The molecule has 3 N–H and O–H groups in total. The summed E-state index contributed by atoms with van der Waals surface area (Å²) in [6.07, 6.45) is 11.6. The van der Waals surface area contributed by atoms with E-state index < -0.39 is 72.0 Å². The first-order valence-electron chi connectivity index (χ1n) is 25.2. The Hall–Kier alpha value is -3.08. The molecule has 3 rings (SSSR count). The second kappa shape index (κ2) is 28.7. The molecule has 0 bridgehead atoms. The zero-order chi connectivity index (χ0) is 50.9. The topological polar surface area (TPSA) is 183 Å². The van der Waals surface area contributed by atoms with E-state index >= 15 is 0 Å². The Morgan fingerprint density at radius 3 is 2.21 bits per heavy atom. The molecule has 3 aliphatic rings. The van der Waals surface area contributed by atoms with Crippen molar-refractivity contribution in [2.75, 3.05) is 42.0 Å². The number of carbonyl (C=O) groups excluding carboxylic acids is 3. The number of Topliss-reactive ketones (excluding diaryl/α,β-unsaturated/α-hetero) is 1. The predicted octanol–water partition coefficient (Wildman–Crippen LogP) is 7.76. The van der Waals surface area contributed by atoms with Crippen molar-refractivity contribution >= 4 is 23.4 Å². The standard InChI is InChI=1S/C54H90N2O12/c1-15-16-17-20-34(4)44(63-11)31-41-24-22-39(9)54(62,68-41)51(59)52(60)56-26-19-18-21-42(56)53(61)67-46(36(6)29-40-23-25-43(57)47(30-40)65-13)32-45(64-12)35(5)28-38(8)49(58)50(66-14)48(55-10)37(7)27-33(2)3/h15-17,20,28,33,35-37,39-47,49-50,57-58,62H,1,18-19,21-27,29-32H2,2-14H3/b17-16+,34-20+,38-28+,55-48+/t35-,36-,37-,39-,40+,41+,42+,43-,44+,45-,46+,47-,49-,50+,54-/m1/s1. The van der Waals surface area contributed by atoms with Crippen molar-refractivity contribution in [2.45, 2.75) is 193 Å². The van der Waals surface area contributed by atoms with Gasteiger partial charge in [-0.1, -0.05) is 78.5 Å². The highest BCUT2D eigenvalue weighted by Gasteiger charge is 2.53. The Morgan fingerprint density at radius 2 is 1.60 bits per heavy atom. The predicted molar refractivity (Wildman–Crippen MR) is 266 cm³/mol. The van der Waals surface area contributed by atoms with Crippen LogP contribution >= 0.6 is 0 Å². The SMILES string of the molecule is C=C/C=C/C=C(\C)[C@H](C[C@@H]1CC[C@@H](C)[C@](O)(C(=O)C(=O)N2CCCC[C@H]2C(=O)O[C@@H](C[C@@H](OC)[C@H](C)/C=C(\C)[C@@H](O)[C@@H](OC)/C(=N/C)[C@H](C)CC(C)C)[C@H](C)C[C@@H]2CC[C@@H](O)[C@H](OC)C2)O1)OC. The lowest BCUT2D eigenvalue weighted by Gasteiger charge is -2.43. The third-order valence-corrected chi connectivity index (χ3v) is 14.9. The van der Waals surface area contributed by atoms with E-state index in [9.17, 15) is 29.7 Å². The first-order valence-corrected chi connectivity index (χ1v) is 25.2. The van der Waals surface area contributed by atoms with Crippen LogP contribution in [0.3, 0.4) is 0 Å². The largest absolute Gasteiger partial charge is 0.460 e. The van der Waals surface area contributed by atoms with Gasteiger partial charge in [0.25, 0.3) is 11.7 Å². The van der Waals surface area contributed by atoms with Gasteiger partial charge in [-0.3, -0.25) is 14.6 Å². The number of methoxy groups -OCH3 is 4. The third kappa shape index (κ3) is 16.2. The number of aliphatic hydroxyl groups is 3. The van der Waals surface area contributed by atoms with Gasteiger partial charge in [0.1, 0.15) is 24.4 Å². The summed E-state index contributed by atoms with van der Waals surface area (Å²) >= 11 is 0. The van der Waals surface area contributed by atoms with Crippen LogP contribution in [-0.4, -0.2) is 146 Å². The van der Waals surface area contributed by atoms with Crippen LogP contribution in [0.4, 0.5) is 0 Å². The summed E-state index contributed by atoms with van der Waals surface area (Å²) in [5, 5.41) is 34.2. The molecule has 2 saturated heterocycles. The van der Waals surface area contributed by atoms with Gasteiger partial charge in [-0.2, -0.15) is 0 Å². The quantitative estimate of drug-likeness (QED) is 0.0252. The lowest BCUT2D eigenvalue weighted by molar-refractivity contribution is -0.265. The zero-order valence-electron chi connectivity index (χ0n) is 43.9. The van der Waals surface area contributed by atoms with Crippen LogP contribution in [0, 0.1) is 35.5 Å². The number of aliphatic imine (C=N–C) groups is 1. The molecule has 0 radical (unpaired) electrons. The van der Waals surface area contributed by atoms with Crippen LogP contribution in [0.15, 0.2) is 53.1 Å². The molecule has 15 atom stereocenters. The summed E-state index contributed by atoms with van der Waals surface area (Å²) in [6.45, 7) is 19.8. The summed E-state index contributed by atoms with van der Waals surface area (Å²) < 4.78 is 36.1. The molecule has 0 aromatic heterocycles. The number of hydrogen-bond donors (Lipinski definition) is 3. The number of ketones is 1. The average molecular weight is 959 g/mol. The van der Waals surface area contributed by atoms with Crippen molar-refractivity contribution in [3.8, 4) is 0 Å². The Kier molecular flexibility index (Phi) is 25.0. The van der Waals surface area contributed by atoms with Gasteiger partial charge < -0.3 is 48.6 Å². The number of hydrogen-bond acceptors (Lipinski definition) is 13. The second-order valence-corrected chi connectivity index (χ2v) is 20.5. The molecule has 0 unspecified atom stereocenters. The molecular formula is C54H90N2O12. The van der Waals surface area contributed by atoms with Crippen molar-refractivity contribution < 1.29 is 58.1 Å². The molecule has 0 spiro atoms. The highest BCUT2D eigenvalue weighted by Crippen LogP contribution is 2.38. The first-order chi connectivity index (χ1) is 32.2. The van der Waals surface area contributed by atoms with E-state index in [0.717, 1.165) is 24.1 Å². The number of amides is 1. The van der Waals surface area contributed by atoms with Gasteiger partial charge in [-0.25, -0.2) is 4.79 Å². The summed E-state index contributed by atoms with van der Waals surface area (Å²) in [5.74, 6) is -5.41. The van der Waals surface area contributed by atoms with Crippen LogP contribution in [0.25, 0.3) is 0 Å². The van der Waals surface area contributed by atoms with Crippen LogP contribution < -0.4 is 0 Å². The van der Waals surface area contributed by atoms with Crippen LogP contribution in [0.1, 0.15) is 132 Å².